The lowest BCUT2D eigenvalue weighted by atomic mass is 9.44. The second-order valence-electron chi connectivity index (χ2n) is 3.55. The molecule has 1 aliphatic heterocycles. The number of hydrogen-bond acceptors (Lipinski definition) is 1. The van der Waals surface area contributed by atoms with Crippen molar-refractivity contribution >= 4 is 6.71 Å². The van der Waals surface area contributed by atoms with Crippen LogP contribution in [-0.2, 0) is 0 Å². The lowest BCUT2D eigenvalue weighted by Gasteiger charge is -2.00. The van der Waals surface area contributed by atoms with E-state index in [1.54, 1.807) is 0 Å². The first-order valence-corrected chi connectivity index (χ1v) is 5.55. The Labute approximate surface area is 78.4 Å². The SMILES string of the molecule is C1CCNC1.CCB(CC)CC. The highest BCUT2D eigenvalue weighted by Crippen LogP contribution is 2.01. The van der Waals surface area contributed by atoms with Crippen molar-refractivity contribution < 1.29 is 0 Å². The molecule has 0 spiro atoms. The van der Waals surface area contributed by atoms with E-state index >= 15 is 0 Å². The molecule has 12 heavy (non-hydrogen) atoms. The zero-order valence-electron chi connectivity index (χ0n) is 9.03. The molecule has 1 nitrogen and oxygen atoms in total. The second-order valence-corrected chi connectivity index (χ2v) is 3.55. The van der Waals surface area contributed by atoms with Gasteiger partial charge in [-0.05, 0) is 25.9 Å². The van der Waals surface area contributed by atoms with E-state index in [1.165, 1.54) is 44.9 Å². The Morgan fingerprint density at radius 3 is 1.42 bits per heavy atom. The smallest absolute Gasteiger partial charge is 0.139 e. The van der Waals surface area contributed by atoms with Gasteiger partial charge in [0.15, 0.2) is 0 Å². The van der Waals surface area contributed by atoms with Crippen LogP contribution in [0.3, 0.4) is 0 Å². The molecule has 0 aromatic rings. The van der Waals surface area contributed by atoms with Gasteiger partial charge in [-0.3, -0.25) is 0 Å². The van der Waals surface area contributed by atoms with Gasteiger partial charge in [-0.2, -0.15) is 0 Å². The third-order valence-corrected chi connectivity index (χ3v) is 2.69. The highest BCUT2D eigenvalue weighted by Gasteiger charge is 2.01. The molecule has 0 amide bonds. The molecule has 72 valence electrons. The Morgan fingerprint density at radius 2 is 1.33 bits per heavy atom. The summed E-state index contributed by atoms with van der Waals surface area (Å²) in [6.45, 7) is 10.3. The first-order valence-electron chi connectivity index (χ1n) is 5.55. The lowest BCUT2D eigenvalue weighted by molar-refractivity contribution is 0.857. The van der Waals surface area contributed by atoms with Crippen molar-refractivity contribution in [3.63, 3.8) is 0 Å². The molecule has 1 fully saturated rings. The Hall–Kier alpha value is 0.0249. The molecular weight excluding hydrogens is 145 g/mol. The summed E-state index contributed by atoms with van der Waals surface area (Å²) in [5, 5.41) is 3.22. The van der Waals surface area contributed by atoms with E-state index in [4.69, 9.17) is 0 Å². The van der Waals surface area contributed by atoms with Gasteiger partial charge in [-0.15, -0.1) is 0 Å². The molecule has 0 aromatic carbocycles. The van der Waals surface area contributed by atoms with E-state index in [2.05, 4.69) is 26.1 Å². The molecule has 0 aliphatic carbocycles. The fourth-order valence-corrected chi connectivity index (χ4v) is 1.49. The molecular formula is C10H24BN. The van der Waals surface area contributed by atoms with Crippen molar-refractivity contribution in [3.05, 3.63) is 0 Å². The molecule has 1 heterocycles. The van der Waals surface area contributed by atoms with Crippen molar-refractivity contribution in [2.45, 2.75) is 52.6 Å². The Balaban J connectivity index is 0.000000211. The molecule has 2 heteroatoms. The fraction of sp³-hybridized carbons (Fsp3) is 1.00. The van der Waals surface area contributed by atoms with E-state index in [0.717, 1.165) is 6.71 Å². The quantitative estimate of drug-likeness (QED) is 0.640. The number of rotatable bonds is 3. The van der Waals surface area contributed by atoms with Gasteiger partial charge in [0.25, 0.3) is 0 Å². The van der Waals surface area contributed by atoms with Crippen LogP contribution in [0.25, 0.3) is 0 Å². The van der Waals surface area contributed by atoms with Crippen LogP contribution in [0.15, 0.2) is 0 Å². The number of hydrogen-bond donors (Lipinski definition) is 1. The van der Waals surface area contributed by atoms with Gasteiger partial charge in [-0.1, -0.05) is 39.7 Å². The molecule has 1 aliphatic rings. The lowest BCUT2D eigenvalue weighted by Crippen LogP contribution is -2.04. The monoisotopic (exact) mass is 169 g/mol. The van der Waals surface area contributed by atoms with E-state index in [1.807, 2.05) is 0 Å². The van der Waals surface area contributed by atoms with E-state index in [0.29, 0.717) is 0 Å². The highest BCUT2D eigenvalue weighted by atomic mass is 14.9. The average molecular weight is 169 g/mol. The van der Waals surface area contributed by atoms with Crippen LogP contribution in [0.2, 0.25) is 19.0 Å². The average Bonchev–Trinajstić information content (AvgIpc) is 2.64. The van der Waals surface area contributed by atoms with Gasteiger partial charge >= 0.3 is 0 Å². The summed E-state index contributed by atoms with van der Waals surface area (Å²) in [4.78, 5) is 0. The van der Waals surface area contributed by atoms with Gasteiger partial charge < -0.3 is 5.32 Å². The Bertz CT molecular complexity index is 64.8. The van der Waals surface area contributed by atoms with Crippen LogP contribution in [0.5, 0.6) is 0 Å². The van der Waals surface area contributed by atoms with Gasteiger partial charge in [-0.25, -0.2) is 0 Å². The third-order valence-electron chi connectivity index (χ3n) is 2.69. The minimum Gasteiger partial charge on any atom is -0.317 e. The standard InChI is InChI=1S/C6H15B.C4H9N/c1-4-7(5-2)6-3;1-2-4-5-3-1/h4-6H2,1-3H3;5H,1-4H2. The summed E-state index contributed by atoms with van der Waals surface area (Å²) in [5.74, 6) is 0. The number of nitrogens with one attached hydrogen (secondary N) is 1. The molecule has 1 saturated heterocycles. The first kappa shape index (κ1) is 12.0. The first-order chi connectivity index (χ1) is 5.85. The maximum Gasteiger partial charge on any atom is 0.139 e. The molecule has 0 aromatic heterocycles. The van der Waals surface area contributed by atoms with Crippen LogP contribution in [0, 0.1) is 0 Å². The largest absolute Gasteiger partial charge is 0.317 e. The van der Waals surface area contributed by atoms with Crippen LogP contribution in [0.4, 0.5) is 0 Å². The van der Waals surface area contributed by atoms with Crippen molar-refractivity contribution in [3.8, 4) is 0 Å². The van der Waals surface area contributed by atoms with Crippen molar-refractivity contribution in [1.29, 1.82) is 0 Å². The molecule has 0 unspecified atom stereocenters. The van der Waals surface area contributed by atoms with Crippen LogP contribution >= 0.6 is 0 Å². The predicted octanol–water partition coefficient (Wildman–Crippen LogP) is 2.91. The molecule has 0 atom stereocenters. The highest BCUT2D eigenvalue weighted by molar-refractivity contribution is 6.58. The second kappa shape index (κ2) is 9.12. The predicted molar refractivity (Wildman–Crippen MR) is 59.3 cm³/mol. The third kappa shape index (κ3) is 6.72. The van der Waals surface area contributed by atoms with E-state index in [-0.39, 0.29) is 0 Å². The van der Waals surface area contributed by atoms with Crippen molar-refractivity contribution in [2.24, 2.45) is 0 Å². The minimum absolute atomic E-state index is 0.986. The molecule has 1 rings (SSSR count). The van der Waals surface area contributed by atoms with Gasteiger partial charge in [0.2, 0.25) is 0 Å². The summed E-state index contributed by atoms with van der Waals surface area (Å²) >= 11 is 0. The topological polar surface area (TPSA) is 12.0 Å². The zero-order chi connectivity index (χ0) is 9.23. The van der Waals surface area contributed by atoms with Gasteiger partial charge in [0.05, 0.1) is 0 Å². The maximum atomic E-state index is 3.22. The summed E-state index contributed by atoms with van der Waals surface area (Å²) in [6, 6.07) is 0. The van der Waals surface area contributed by atoms with Gasteiger partial charge in [0, 0.05) is 0 Å². The van der Waals surface area contributed by atoms with Crippen LogP contribution < -0.4 is 5.32 Å². The minimum atomic E-state index is 0.986. The van der Waals surface area contributed by atoms with E-state index < -0.39 is 0 Å². The summed E-state index contributed by atoms with van der Waals surface area (Å²) < 4.78 is 0. The van der Waals surface area contributed by atoms with E-state index in [9.17, 15) is 0 Å². The molecule has 0 saturated carbocycles. The molecule has 0 radical (unpaired) electrons. The summed E-state index contributed by atoms with van der Waals surface area (Å²) in [5.41, 5.74) is 0. The normalized spacial score (nSPS) is 15.2. The summed E-state index contributed by atoms with van der Waals surface area (Å²) in [6.07, 6.45) is 6.84. The fourth-order valence-electron chi connectivity index (χ4n) is 1.49. The Kier molecular flexibility index (Phi) is 9.13. The molecule has 1 N–H and O–H groups in total. The zero-order valence-corrected chi connectivity index (χ0v) is 9.03. The molecule has 0 bridgehead atoms. The maximum absolute atomic E-state index is 3.22. The Morgan fingerprint density at radius 1 is 0.917 bits per heavy atom. The van der Waals surface area contributed by atoms with Crippen LogP contribution in [-0.4, -0.2) is 19.8 Å². The van der Waals surface area contributed by atoms with Crippen molar-refractivity contribution in [2.75, 3.05) is 13.1 Å². The van der Waals surface area contributed by atoms with Crippen molar-refractivity contribution in [1.82, 2.24) is 5.32 Å². The van der Waals surface area contributed by atoms with Gasteiger partial charge in [0.1, 0.15) is 6.71 Å². The van der Waals surface area contributed by atoms with Crippen LogP contribution in [0.1, 0.15) is 33.6 Å². The summed E-state index contributed by atoms with van der Waals surface area (Å²) in [7, 11) is 0.